The zero-order valence-electron chi connectivity index (χ0n) is 17.7. The lowest BCUT2D eigenvalue weighted by Gasteiger charge is -2.36. The van der Waals surface area contributed by atoms with E-state index in [1.807, 2.05) is 18.2 Å². The maximum Gasteiger partial charge on any atom is 0.119 e. The Labute approximate surface area is 184 Å². The molecule has 4 aromatic carbocycles. The summed E-state index contributed by atoms with van der Waals surface area (Å²) in [7, 11) is 0. The molecule has 1 aliphatic heterocycles. The maximum atomic E-state index is 6.02. The van der Waals surface area contributed by atoms with Crippen LogP contribution in [0.25, 0.3) is 10.8 Å². The fourth-order valence-electron chi connectivity index (χ4n) is 4.50. The van der Waals surface area contributed by atoms with E-state index in [1.54, 1.807) is 0 Å². The van der Waals surface area contributed by atoms with Crippen LogP contribution in [0.15, 0.2) is 97.1 Å². The van der Waals surface area contributed by atoms with Gasteiger partial charge >= 0.3 is 0 Å². The van der Waals surface area contributed by atoms with Crippen LogP contribution in [0.1, 0.15) is 22.7 Å². The maximum absolute atomic E-state index is 6.02. The third kappa shape index (κ3) is 4.48. The van der Waals surface area contributed by atoms with Gasteiger partial charge in [-0.2, -0.15) is 0 Å². The third-order valence-corrected chi connectivity index (χ3v) is 6.08. The first-order valence-electron chi connectivity index (χ1n) is 11.1. The van der Waals surface area contributed by atoms with Gasteiger partial charge in [0, 0.05) is 26.2 Å². The number of fused-ring (bicyclic) bond motifs is 1. The molecule has 3 heteroatoms. The molecule has 31 heavy (non-hydrogen) atoms. The second-order valence-corrected chi connectivity index (χ2v) is 8.10. The molecular formula is C28H28N2O. The van der Waals surface area contributed by atoms with Crippen LogP contribution >= 0.6 is 0 Å². The summed E-state index contributed by atoms with van der Waals surface area (Å²) in [6.45, 7) is 4.73. The number of benzene rings is 4. The van der Waals surface area contributed by atoms with Crippen molar-refractivity contribution in [3.05, 3.63) is 114 Å². The Bertz CT molecular complexity index is 1110. The van der Waals surface area contributed by atoms with Gasteiger partial charge < -0.3 is 10.1 Å². The van der Waals surface area contributed by atoms with Crippen LogP contribution in [-0.4, -0.2) is 31.1 Å². The van der Waals surface area contributed by atoms with Gasteiger partial charge in [0.2, 0.25) is 0 Å². The molecule has 1 aliphatic rings. The second kappa shape index (κ2) is 9.34. The molecule has 0 bridgehead atoms. The summed E-state index contributed by atoms with van der Waals surface area (Å²) >= 11 is 0. The highest BCUT2D eigenvalue weighted by Gasteiger charge is 2.25. The zero-order chi connectivity index (χ0) is 20.9. The minimum absolute atomic E-state index is 0.233. The second-order valence-electron chi connectivity index (χ2n) is 8.10. The Kier molecular flexibility index (Phi) is 5.96. The topological polar surface area (TPSA) is 24.5 Å². The van der Waals surface area contributed by atoms with Crippen LogP contribution in [0.2, 0.25) is 0 Å². The molecule has 5 rings (SSSR count). The smallest absolute Gasteiger partial charge is 0.119 e. The SMILES string of the molecule is c1ccc(COc2ccc(C(c3cccc4ccccc34)N3CCNCC3)cc2)cc1. The average molecular weight is 409 g/mol. The Hall–Kier alpha value is -3.14. The van der Waals surface area contributed by atoms with Gasteiger partial charge in [0.1, 0.15) is 12.4 Å². The predicted molar refractivity (Wildman–Crippen MR) is 127 cm³/mol. The lowest BCUT2D eigenvalue weighted by molar-refractivity contribution is 0.199. The molecule has 0 saturated carbocycles. The lowest BCUT2D eigenvalue weighted by atomic mass is 9.92. The number of nitrogens with one attached hydrogen (secondary N) is 1. The molecule has 1 saturated heterocycles. The van der Waals surface area contributed by atoms with Gasteiger partial charge in [-0.3, -0.25) is 4.90 Å². The lowest BCUT2D eigenvalue weighted by Crippen LogP contribution is -2.45. The van der Waals surface area contributed by atoms with Gasteiger partial charge in [-0.1, -0.05) is 84.9 Å². The van der Waals surface area contributed by atoms with Crippen molar-refractivity contribution in [1.82, 2.24) is 10.2 Å². The third-order valence-electron chi connectivity index (χ3n) is 6.08. The van der Waals surface area contributed by atoms with Crippen molar-refractivity contribution in [2.45, 2.75) is 12.6 Å². The molecule has 4 aromatic rings. The van der Waals surface area contributed by atoms with Crippen molar-refractivity contribution in [3.63, 3.8) is 0 Å². The summed E-state index contributed by atoms with van der Waals surface area (Å²) in [5, 5.41) is 6.12. The van der Waals surface area contributed by atoms with Crippen molar-refractivity contribution in [1.29, 1.82) is 0 Å². The molecule has 156 valence electrons. The van der Waals surface area contributed by atoms with Crippen molar-refractivity contribution in [2.75, 3.05) is 26.2 Å². The van der Waals surface area contributed by atoms with Crippen LogP contribution in [0, 0.1) is 0 Å². The first-order valence-corrected chi connectivity index (χ1v) is 11.1. The van der Waals surface area contributed by atoms with E-state index in [9.17, 15) is 0 Å². The standard InChI is InChI=1S/C28H28N2O/c1-2-7-22(8-3-1)21-31-25-15-13-24(14-16-25)28(30-19-17-29-18-20-30)27-12-6-10-23-9-4-5-11-26(23)27/h1-16,28-29H,17-21H2. The summed E-state index contributed by atoms with van der Waals surface area (Å²) in [5.74, 6) is 0.907. The highest BCUT2D eigenvalue weighted by molar-refractivity contribution is 5.86. The van der Waals surface area contributed by atoms with Gasteiger partial charge in [-0.15, -0.1) is 0 Å². The summed E-state index contributed by atoms with van der Waals surface area (Å²) in [5.41, 5.74) is 3.87. The van der Waals surface area contributed by atoms with Gasteiger partial charge in [-0.25, -0.2) is 0 Å². The fourth-order valence-corrected chi connectivity index (χ4v) is 4.50. The minimum Gasteiger partial charge on any atom is -0.489 e. The Morgan fingerprint density at radius 1 is 0.742 bits per heavy atom. The molecule has 1 unspecified atom stereocenters. The van der Waals surface area contributed by atoms with Crippen LogP contribution in [0.5, 0.6) is 5.75 Å². The Morgan fingerprint density at radius 3 is 2.26 bits per heavy atom. The quantitative estimate of drug-likeness (QED) is 0.461. The molecule has 1 atom stereocenters. The van der Waals surface area contributed by atoms with E-state index >= 15 is 0 Å². The summed E-state index contributed by atoms with van der Waals surface area (Å²) < 4.78 is 6.02. The van der Waals surface area contributed by atoms with Crippen molar-refractivity contribution in [2.24, 2.45) is 0 Å². The van der Waals surface area contributed by atoms with E-state index < -0.39 is 0 Å². The highest BCUT2D eigenvalue weighted by Crippen LogP contribution is 2.34. The van der Waals surface area contributed by atoms with Gasteiger partial charge in [0.05, 0.1) is 6.04 Å². The Balaban J connectivity index is 1.45. The molecule has 0 spiro atoms. The van der Waals surface area contributed by atoms with Crippen LogP contribution in [0.4, 0.5) is 0 Å². The first kappa shape index (κ1) is 19.8. The summed E-state index contributed by atoms with van der Waals surface area (Å²) in [6, 6.07) is 34.6. The molecule has 0 aliphatic carbocycles. The monoisotopic (exact) mass is 408 g/mol. The van der Waals surface area contributed by atoms with Crippen molar-refractivity contribution in [3.8, 4) is 5.75 Å². The molecule has 1 N–H and O–H groups in total. The van der Waals surface area contributed by atoms with Gasteiger partial charge in [0.25, 0.3) is 0 Å². The number of piperazine rings is 1. The van der Waals surface area contributed by atoms with E-state index in [2.05, 4.69) is 89.1 Å². The fraction of sp³-hybridized carbons (Fsp3) is 0.214. The van der Waals surface area contributed by atoms with Crippen LogP contribution in [0.3, 0.4) is 0 Å². The van der Waals surface area contributed by atoms with Crippen LogP contribution < -0.4 is 10.1 Å². The van der Waals surface area contributed by atoms with E-state index in [-0.39, 0.29) is 6.04 Å². The number of rotatable bonds is 6. The van der Waals surface area contributed by atoms with E-state index in [0.717, 1.165) is 31.9 Å². The molecule has 0 amide bonds. The van der Waals surface area contributed by atoms with Gasteiger partial charge in [0.15, 0.2) is 0 Å². The predicted octanol–water partition coefficient (Wildman–Crippen LogP) is 5.41. The zero-order valence-corrected chi connectivity index (χ0v) is 17.7. The van der Waals surface area contributed by atoms with Gasteiger partial charge in [-0.05, 0) is 39.6 Å². The number of hydrogen-bond donors (Lipinski definition) is 1. The van der Waals surface area contributed by atoms with E-state index in [0.29, 0.717) is 6.61 Å². The van der Waals surface area contributed by atoms with E-state index in [1.165, 1.54) is 27.5 Å². The normalized spacial score (nSPS) is 15.6. The number of ether oxygens (including phenoxy) is 1. The molecule has 1 heterocycles. The van der Waals surface area contributed by atoms with Crippen molar-refractivity contribution < 1.29 is 4.74 Å². The number of nitrogens with zero attached hydrogens (tertiary/aromatic N) is 1. The largest absolute Gasteiger partial charge is 0.489 e. The Morgan fingerprint density at radius 2 is 1.45 bits per heavy atom. The van der Waals surface area contributed by atoms with Crippen LogP contribution in [-0.2, 0) is 6.61 Å². The molecule has 0 radical (unpaired) electrons. The average Bonchev–Trinajstić information content (AvgIpc) is 2.85. The molecule has 0 aromatic heterocycles. The minimum atomic E-state index is 0.233. The number of hydrogen-bond acceptors (Lipinski definition) is 3. The molecule has 1 fully saturated rings. The molecular weight excluding hydrogens is 380 g/mol. The summed E-state index contributed by atoms with van der Waals surface area (Å²) in [6.07, 6.45) is 0. The first-order chi connectivity index (χ1) is 15.4. The summed E-state index contributed by atoms with van der Waals surface area (Å²) in [4.78, 5) is 2.60. The molecule has 3 nitrogen and oxygen atoms in total. The highest BCUT2D eigenvalue weighted by atomic mass is 16.5. The van der Waals surface area contributed by atoms with Crippen molar-refractivity contribution >= 4 is 10.8 Å². The van der Waals surface area contributed by atoms with E-state index in [4.69, 9.17) is 4.74 Å².